The van der Waals surface area contributed by atoms with E-state index in [1.807, 2.05) is 0 Å². The van der Waals surface area contributed by atoms with E-state index in [0.717, 1.165) is 12.1 Å². The summed E-state index contributed by atoms with van der Waals surface area (Å²) in [4.78, 5) is 24.0. The van der Waals surface area contributed by atoms with Gasteiger partial charge >= 0.3 is 0 Å². The summed E-state index contributed by atoms with van der Waals surface area (Å²) in [5.41, 5.74) is -0.572. The van der Waals surface area contributed by atoms with Crippen LogP contribution in [0.3, 0.4) is 0 Å². The summed E-state index contributed by atoms with van der Waals surface area (Å²) in [6.07, 6.45) is 0. The number of hydrogen-bond acceptors (Lipinski definition) is 4. The van der Waals surface area contributed by atoms with Gasteiger partial charge in [-0.2, -0.15) is 0 Å². The summed E-state index contributed by atoms with van der Waals surface area (Å²) >= 11 is 0. The molecule has 6 nitrogen and oxygen atoms in total. The Kier molecular flexibility index (Phi) is 3.15. The normalized spacial score (nSPS) is 11.1. The molecule has 0 aliphatic rings. The average Bonchev–Trinajstić information content (AvgIpc) is 1.99. The number of hydrogen-bond donors (Lipinski definition) is 2. The molecule has 0 atom stereocenters. The largest absolute Gasteiger partial charge is 0.331 e. The van der Waals surface area contributed by atoms with Crippen LogP contribution in [0, 0.1) is 0 Å². The molecular formula is C7H7ClN2O4S. The van der Waals surface area contributed by atoms with E-state index in [2.05, 4.69) is 10.3 Å². The number of pyridine rings is 1. The van der Waals surface area contributed by atoms with Crippen LogP contribution < -0.4 is 10.7 Å². The zero-order valence-corrected chi connectivity index (χ0v) is 9.15. The fourth-order valence-electron chi connectivity index (χ4n) is 0.906. The van der Waals surface area contributed by atoms with E-state index < -0.39 is 25.4 Å². The van der Waals surface area contributed by atoms with Crippen molar-refractivity contribution in [2.45, 2.75) is 11.9 Å². The van der Waals surface area contributed by atoms with Crippen LogP contribution in [0.25, 0.3) is 0 Å². The topological polar surface area (TPSA) is 96.1 Å². The van der Waals surface area contributed by atoms with Crippen molar-refractivity contribution < 1.29 is 13.2 Å². The summed E-state index contributed by atoms with van der Waals surface area (Å²) in [5.74, 6) is -0.455. The molecule has 15 heavy (non-hydrogen) atoms. The third-order valence-electron chi connectivity index (χ3n) is 1.39. The second kappa shape index (κ2) is 4.03. The zero-order chi connectivity index (χ0) is 11.6. The molecule has 0 radical (unpaired) electrons. The minimum Gasteiger partial charge on any atom is -0.331 e. The molecule has 1 heterocycles. The third-order valence-corrected chi connectivity index (χ3v) is 2.64. The average molecular weight is 251 g/mol. The maximum atomic E-state index is 11.0. The Bertz CT molecular complexity index is 548. The lowest BCUT2D eigenvalue weighted by atomic mass is 10.4. The lowest BCUT2D eigenvalue weighted by Crippen LogP contribution is -2.13. The molecular weight excluding hydrogens is 244 g/mol. The molecule has 1 amide bonds. The van der Waals surface area contributed by atoms with Crippen molar-refractivity contribution in [3.05, 3.63) is 22.4 Å². The second-order valence-electron chi connectivity index (χ2n) is 2.71. The van der Waals surface area contributed by atoms with Gasteiger partial charge in [-0.3, -0.25) is 9.59 Å². The van der Waals surface area contributed by atoms with Crippen molar-refractivity contribution in [3.8, 4) is 0 Å². The van der Waals surface area contributed by atoms with Gasteiger partial charge < -0.3 is 10.3 Å². The SMILES string of the molecule is CC(=O)Nc1cc(=O)cc(S(=O)(=O)Cl)[nH]1. The highest BCUT2D eigenvalue weighted by atomic mass is 35.7. The number of halogens is 1. The summed E-state index contributed by atoms with van der Waals surface area (Å²) < 4.78 is 21.8. The van der Waals surface area contributed by atoms with E-state index >= 15 is 0 Å². The van der Waals surface area contributed by atoms with Crippen molar-refractivity contribution in [1.82, 2.24) is 4.98 Å². The molecule has 0 saturated carbocycles. The van der Waals surface area contributed by atoms with Gasteiger partial charge in [-0.25, -0.2) is 8.42 Å². The standard InChI is InChI=1S/C7H7ClN2O4S/c1-4(11)9-6-2-5(12)3-7(10-6)15(8,13)14/h2-3H,1H3,(H2,9,10,11,12). The monoisotopic (exact) mass is 250 g/mol. The van der Waals surface area contributed by atoms with Crippen LogP contribution >= 0.6 is 10.7 Å². The Morgan fingerprint density at radius 3 is 2.53 bits per heavy atom. The van der Waals surface area contributed by atoms with Gasteiger partial charge in [0.1, 0.15) is 5.82 Å². The molecule has 0 spiro atoms. The van der Waals surface area contributed by atoms with Crippen LogP contribution in [0.5, 0.6) is 0 Å². The fourth-order valence-corrected chi connectivity index (χ4v) is 1.64. The quantitative estimate of drug-likeness (QED) is 0.736. The van der Waals surface area contributed by atoms with Crippen LogP contribution in [0.2, 0.25) is 0 Å². The fraction of sp³-hybridized carbons (Fsp3) is 0.143. The van der Waals surface area contributed by atoms with E-state index in [0.29, 0.717) is 0 Å². The minimum absolute atomic E-state index is 0.0192. The highest BCUT2D eigenvalue weighted by Gasteiger charge is 2.12. The first-order chi connectivity index (χ1) is 6.79. The van der Waals surface area contributed by atoms with E-state index in [-0.39, 0.29) is 5.82 Å². The molecule has 1 aromatic heterocycles. The lowest BCUT2D eigenvalue weighted by Gasteiger charge is -2.03. The van der Waals surface area contributed by atoms with Gasteiger partial charge in [-0.05, 0) is 0 Å². The molecule has 1 rings (SSSR count). The van der Waals surface area contributed by atoms with Crippen molar-refractivity contribution in [2.24, 2.45) is 0 Å². The molecule has 0 aromatic carbocycles. The van der Waals surface area contributed by atoms with E-state index in [1.165, 1.54) is 6.92 Å². The molecule has 0 unspecified atom stereocenters. The number of aromatic amines is 1. The van der Waals surface area contributed by atoms with Crippen molar-refractivity contribution in [2.75, 3.05) is 5.32 Å². The summed E-state index contributed by atoms with van der Waals surface area (Å²) in [5, 5.41) is 1.78. The van der Waals surface area contributed by atoms with Gasteiger partial charge in [-0.15, -0.1) is 0 Å². The van der Waals surface area contributed by atoms with Crippen LogP contribution in [-0.2, 0) is 13.8 Å². The molecule has 0 fully saturated rings. The molecule has 0 saturated heterocycles. The van der Waals surface area contributed by atoms with E-state index in [1.54, 1.807) is 0 Å². The minimum atomic E-state index is -4.02. The summed E-state index contributed by atoms with van der Waals surface area (Å²) in [6.45, 7) is 1.22. The predicted octanol–water partition coefficient (Wildman–Crippen LogP) is 0.261. The van der Waals surface area contributed by atoms with Crippen molar-refractivity contribution in [1.29, 1.82) is 0 Å². The van der Waals surface area contributed by atoms with Crippen LogP contribution in [-0.4, -0.2) is 19.3 Å². The number of carbonyl (C=O) groups is 1. The number of rotatable bonds is 2. The molecule has 1 aromatic rings. The van der Waals surface area contributed by atoms with Gasteiger partial charge in [0.05, 0.1) is 0 Å². The second-order valence-corrected chi connectivity index (χ2v) is 5.25. The molecule has 2 N–H and O–H groups in total. The maximum absolute atomic E-state index is 11.0. The molecule has 82 valence electrons. The Labute approximate surface area is 89.7 Å². The lowest BCUT2D eigenvalue weighted by molar-refractivity contribution is -0.114. The number of carbonyl (C=O) groups excluding carboxylic acids is 1. The van der Waals surface area contributed by atoms with Crippen LogP contribution in [0.4, 0.5) is 5.82 Å². The first-order valence-electron chi connectivity index (χ1n) is 3.75. The third kappa shape index (κ3) is 3.37. The van der Waals surface area contributed by atoms with Crippen molar-refractivity contribution in [3.63, 3.8) is 0 Å². The number of H-pyrrole nitrogens is 1. The smallest absolute Gasteiger partial charge is 0.276 e. The predicted molar refractivity (Wildman–Crippen MR) is 54.4 cm³/mol. The Hall–Kier alpha value is -1.34. The summed E-state index contributed by atoms with van der Waals surface area (Å²) in [7, 11) is 1.01. The number of amides is 1. The number of anilines is 1. The summed E-state index contributed by atoms with van der Waals surface area (Å²) in [6, 6.07) is 1.88. The maximum Gasteiger partial charge on any atom is 0.276 e. The number of nitrogens with one attached hydrogen (secondary N) is 2. The Balaban J connectivity index is 3.29. The molecule has 0 aliphatic heterocycles. The first kappa shape index (κ1) is 11.7. The highest BCUT2D eigenvalue weighted by Crippen LogP contribution is 2.11. The van der Waals surface area contributed by atoms with Crippen molar-refractivity contribution >= 4 is 31.5 Å². The van der Waals surface area contributed by atoms with Gasteiger partial charge in [0, 0.05) is 29.7 Å². The van der Waals surface area contributed by atoms with Gasteiger partial charge in [-0.1, -0.05) is 0 Å². The van der Waals surface area contributed by atoms with Gasteiger partial charge in [0.2, 0.25) is 5.91 Å². The Morgan fingerprint density at radius 2 is 2.07 bits per heavy atom. The molecule has 0 aliphatic carbocycles. The zero-order valence-electron chi connectivity index (χ0n) is 7.57. The molecule has 0 bridgehead atoms. The first-order valence-corrected chi connectivity index (χ1v) is 6.06. The highest BCUT2D eigenvalue weighted by molar-refractivity contribution is 8.13. The van der Waals surface area contributed by atoms with Gasteiger partial charge in [0.15, 0.2) is 10.5 Å². The van der Waals surface area contributed by atoms with Crippen LogP contribution in [0.15, 0.2) is 22.0 Å². The van der Waals surface area contributed by atoms with Gasteiger partial charge in [0.25, 0.3) is 9.05 Å². The molecule has 8 heteroatoms. The van der Waals surface area contributed by atoms with E-state index in [9.17, 15) is 18.0 Å². The Morgan fingerprint density at radius 1 is 1.47 bits per heavy atom. The van der Waals surface area contributed by atoms with E-state index in [4.69, 9.17) is 10.7 Å². The van der Waals surface area contributed by atoms with Crippen LogP contribution in [0.1, 0.15) is 6.92 Å². The number of aromatic nitrogens is 1.